The summed E-state index contributed by atoms with van der Waals surface area (Å²) in [5.41, 5.74) is 2.68. The zero-order valence-electron chi connectivity index (χ0n) is 14.5. The van der Waals surface area contributed by atoms with Gasteiger partial charge in [-0.3, -0.25) is 4.90 Å². The van der Waals surface area contributed by atoms with E-state index in [0.717, 1.165) is 30.8 Å². The summed E-state index contributed by atoms with van der Waals surface area (Å²) in [6.07, 6.45) is 6.36. The molecule has 0 aromatic heterocycles. The van der Waals surface area contributed by atoms with Gasteiger partial charge in [-0.15, -0.1) is 12.4 Å². The van der Waals surface area contributed by atoms with E-state index in [-0.39, 0.29) is 18.0 Å². The van der Waals surface area contributed by atoms with Crippen LogP contribution in [0.1, 0.15) is 50.7 Å². The zero-order valence-corrected chi connectivity index (χ0v) is 15.3. The third-order valence-electron chi connectivity index (χ3n) is 5.66. The van der Waals surface area contributed by atoms with Crippen LogP contribution in [0.4, 0.5) is 0 Å². The number of hydrogen-bond acceptors (Lipinski definition) is 3. The molecule has 3 heterocycles. The molecule has 4 rings (SSSR count). The Morgan fingerprint density at radius 3 is 2.61 bits per heavy atom. The molecular weight excluding hydrogens is 308 g/mol. The van der Waals surface area contributed by atoms with E-state index in [2.05, 4.69) is 49.3 Å². The van der Waals surface area contributed by atoms with Crippen molar-refractivity contribution < 1.29 is 4.74 Å². The predicted molar refractivity (Wildman–Crippen MR) is 96.5 cm³/mol. The first-order valence-corrected chi connectivity index (χ1v) is 8.76. The lowest BCUT2D eigenvalue weighted by atomic mass is 9.97. The van der Waals surface area contributed by atoms with Gasteiger partial charge in [0, 0.05) is 36.7 Å². The number of ether oxygens (including phenoxy) is 1. The molecule has 2 unspecified atom stereocenters. The summed E-state index contributed by atoms with van der Waals surface area (Å²) in [6, 6.07) is 8.87. The standard InChI is InChI=1S/C19H28N2O.ClH/c1-19(2)11-13-5-4-6-14(18(13)22-19)12-21(3)17-9-15-7-8-16(10-17)20-15;/h4-6,15-17,20H,7-12H2,1-3H3;1H. The topological polar surface area (TPSA) is 24.5 Å². The maximum atomic E-state index is 6.23. The van der Waals surface area contributed by atoms with E-state index in [9.17, 15) is 0 Å². The Morgan fingerprint density at radius 2 is 1.91 bits per heavy atom. The van der Waals surface area contributed by atoms with Crippen molar-refractivity contribution in [2.24, 2.45) is 0 Å². The van der Waals surface area contributed by atoms with Crippen LogP contribution in [0.5, 0.6) is 5.75 Å². The van der Waals surface area contributed by atoms with Crippen LogP contribution in [0.15, 0.2) is 18.2 Å². The summed E-state index contributed by atoms with van der Waals surface area (Å²) >= 11 is 0. The quantitative estimate of drug-likeness (QED) is 0.913. The van der Waals surface area contributed by atoms with Crippen LogP contribution in [-0.4, -0.2) is 35.7 Å². The van der Waals surface area contributed by atoms with Gasteiger partial charge >= 0.3 is 0 Å². The zero-order chi connectivity index (χ0) is 15.3. The Morgan fingerprint density at radius 1 is 1.22 bits per heavy atom. The minimum absolute atomic E-state index is 0. The molecule has 23 heavy (non-hydrogen) atoms. The van der Waals surface area contributed by atoms with Crippen LogP contribution in [0, 0.1) is 0 Å². The third kappa shape index (κ3) is 3.38. The smallest absolute Gasteiger partial charge is 0.127 e. The average molecular weight is 337 g/mol. The summed E-state index contributed by atoms with van der Waals surface area (Å²) in [5.74, 6) is 1.15. The summed E-state index contributed by atoms with van der Waals surface area (Å²) in [5, 5.41) is 3.74. The first-order valence-electron chi connectivity index (χ1n) is 8.76. The summed E-state index contributed by atoms with van der Waals surface area (Å²) in [4.78, 5) is 2.55. The first kappa shape index (κ1) is 17.1. The highest BCUT2D eigenvalue weighted by Crippen LogP contribution is 2.38. The third-order valence-corrected chi connectivity index (χ3v) is 5.66. The molecule has 1 N–H and O–H groups in total. The lowest BCUT2D eigenvalue weighted by Crippen LogP contribution is -2.46. The number of benzene rings is 1. The van der Waals surface area contributed by atoms with Gasteiger partial charge in [0.25, 0.3) is 0 Å². The number of nitrogens with one attached hydrogen (secondary N) is 1. The van der Waals surface area contributed by atoms with Crippen molar-refractivity contribution in [1.82, 2.24) is 10.2 Å². The number of para-hydroxylation sites is 1. The van der Waals surface area contributed by atoms with Gasteiger partial charge in [0.05, 0.1) is 0 Å². The highest BCUT2D eigenvalue weighted by Gasteiger charge is 2.36. The molecule has 1 aromatic carbocycles. The average Bonchev–Trinajstić information content (AvgIpc) is 2.97. The minimum Gasteiger partial charge on any atom is -0.487 e. The van der Waals surface area contributed by atoms with Crippen LogP contribution in [0.2, 0.25) is 0 Å². The Balaban J connectivity index is 0.00000156. The number of piperidine rings is 1. The van der Waals surface area contributed by atoms with E-state index in [4.69, 9.17) is 4.74 Å². The molecule has 0 saturated carbocycles. The van der Waals surface area contributed by atoms with Crippen LogP contribution in [-0.2, 0) is 13.0 Å². The van der Waals surface area contributed by atoms with Crippen LogP contribution in [0.3, 0.4) is 0 Å². The van der Waals surface area contributed by atoms with Crippen LogP contribution in [0.25, 0.3) is 0 Å². The monoisotopic (exact) mass is 336 g/mol. The molecule has 0 radical (unpaired) electrons. The number of hydrogen-bond donors (Lipinski definition) is 1. The Labute approximate surface area is 146 Å². The van der Waals surface area contributed by atoms with Gasteiger partial charge in [-0.1, -0.05) is 18.2 Å². The van der Waals surface area contributed by atoms with Gasteiger partial charge in [-0.2, -0.15) is 0 Å². The molecule has 0 amide bonds. The summed E-state index contributed by atoms with van der Waals surface area (Å²) < 4.78 is 6.23. The molecule has 3 aliphatic heterocycles. The van der Waals surface area contributed by atoms with Crippen molar-refractivity contribution in [2.75, 3.05) is 7.05 Å². The fourth-order valence-electron chi connectivity index (χ4n) is 4.59. The maximum Gasteiger partial charge on any atom is 0.127 e. The van der Waals surface area contributed by atoms with Gasteiger partial charge in [0.2, 0.25) is 0 Å². The number of halogens is 1. The van der Waals surface area contributed by atoms with Gasteiger partial charge in [-0.05, 0) is 52.1 Å². The lowest BCUT2D eigenvalue weighted by molar-refractivity contribution is 0.131. The van der Waals surface area contributed by atoms with Crippen molar-refractivity contribution in [1.29, 1.82) is 0 Å². The molecule has 2 fully saturated rings. The van der Waals surface area contributed by atoms with Gasteiger partial charge < -0.3 is 10.1 Å². The normalized spacial score (nSPS) is 30.7. The first-order chi connectivity index (χ1) is 10.5. The van der Waals surface area contributed by atoms with Crippen molar-refractivity contribution in [3.63, 3.8) is 0 Å². The Bertz CT molecular complexity index is 562. The molecule has 4 heteroatoms. The highest BCUT2D eigenvalue weighted by atomic mass is 35.5. The van der Waals surface area contributed by atoms with Gasteiger partial charge in [0.15, 0.2) is 0 Å². The van der Waals surface area contributed by atoms with Crippen LogP contribution < -0.4 is 10.1 Å². The number of rotatable bonds is 3. The molecule has 2 bridgehead atoms. The van der Waals surface area contributed by atoms with Gasteiger partial charge in [-0.25, -0.2) is 0 Å². The Hall–Kier alpha value is -0.770. The summed E-state index contributed by atoms with van der Waals surface area (Å²) in [6.45, 7) is 5.37. The molecule has 0 spiro atoms. The van der Waals surface area contributed by atoms with E-state index >= 15 is 0 Å². The maximum absolute atomic E-state index is 6.23. The molecule has 2 saturated heterocycles. The fourth-order valence-corrected chi connectivity index (χ4v) is 4.59. The lowest BCUT2D eigenvalue weighted by Gasteiger charge is -2.35. The van der Waals surface area contributed by atoms with Crippen LogP contribution >= 0.6 is 12.4 Å². The second-order valence-corrected chi connectivity index (χ2v) is 8.12. The van der Waals surface area contributed by atoms with E-state index in [0.29, 0.717) is 6.04 Å². The van der Waals surface area contributed by atoms with E-state index in [1.54, 1.807) is 0 Å². The van der Waals surface area contributed by atoms with E-state index < -0.39 is 0 Å². The molecule has 0 aliphatic carbocycles. The van der Waals surface area contributed by atoms with E-state index in [1.165, 1.54) is 36.8 Å². The van der Waals surface area contributed by atoms with E-state index in [1.807, 2.05) is 0 Å². The SMILES string of the molecule is CN(Cc1cccc2c1OC(C)(C)C2)C1CC2CCC(C1)N2.Cl. The molecular formula is C19H29ClN2O. The second kappa shape index (κ2) is 6.27. The Kier molecular flexibility index (Phi) is 4.65. The highest BCUT2D eigenvalue weighted by molar-refractivity contribution is 5.85. The van der Waals surface area contributed by atoms with Crippen molar-refractivity contribution >= 4 is 12.4 Å². The largest absolute Gasteiger partial charge is 0.487 e. The van der Waals surface area contributed by atoms with Crippen molar-refractivity contribution in [3.05, 3.63) is 29.3 Å². The molecule has 2 atom stereocenters. The molecule has 3 aliphatic rings. The molecule has 128 valence electrons. The minimum atomic E-state index is -0.0507. The second-order valence-electron chi connectivity index (χ2n) is 8.12. The van der Waals surface area contributed by atoms with Crippen molar-refractivity contribution in [3.8, 4) is 5.75 Å². The number of nitrogens with zero attached hydrogens (tertiary/aromatic N) is 1. The fraction of sp³-hybridized carbons (Fsp3) is 0.684. The predicted octanol–water partition coefficient (Wildman–Crippen LogP) is 3.54. The van der Waals surface area contributed by atoms with Crippen molar-refractivity contribution in [2.45, 2.75) is 76.2 Å². The summed E-state index contributed by atoms with van der Waals surface area (Å²) in [7, 11) is 2.29. The van der Waals surface area contributed by atoms with Gasteiger partial charge in [0.1, 0.15) is 11.4 Å². The molecule has 3 nitrogen and oxygen atoms in total. The number of fused-ring (bicyclic) bond motifs is 3. The molecule has 1 aromatic rings.